The van der Waals surface area contributed by atoms with Crippen LogP contribution in [0.4, 0.5) is 0 Å². The fourth-order valence-electron chi connectivity index (χ4n) is 4.73. The topological polar surface area (TPSA) is 77.8 Å². The molecule has 3 aliphatic rings. The van der Waals surface area contributed by atoms with Gasteiger partial charge in [0.1, 0.15) is 0 Å². The van der Waals surface area contributed by atoms with Gasteiger partial charge in [0.15, 0.2) is 5.76 Å². The molecule has 0 aromatic carbocycles. The number of carbonyl (C=O) groups is 1. The summed E-state index contributed by atoms with van der Waals surface area (Å²) < 4.78 is 0. The van der Waals surface area contributed by atoms with Crippen LogP contribution in [0.3, 0.4) is 0 Å². The van der Waals surface area contributed by atoms with Crippen LogP contribution < -0.4 is 0 Å². The van der Waals surface area contributed by atoms with Gasteiger partial charge in [-0.15, -0.1) is 0 Å². The molecule has 0 saturated carbocycles. The van der Waals surface area contributed by atoms with Crippen molar-refractivity contribution in [1.82, 2.24) is 0 Å². The molecule has 130 valence electrons. The van der Waals surface area contributed by atoms with Gasteiger partial charge in [-0.25, -0.2) is 0 Å². The molecule has 0 amide bonds. The maximum absolute atomic E-state index is 12.6. The molecule has 0 saturated heterocycles. The first kappa shape index (κ1) is 17.2. The molecule has 0 fully saturated rings. The number of ketones is 1. The summed E-state index contributed by atoms with van der Waals surface area (Å²) in [5.41, 5.74) is 0.507. The van der Waals surface area contributed by atoms with Crippen molar-refractivity contribution in [2.45, 2.75) is 46.8 Å². The molecule has 0 aromatic rings. The highest BCUT2D eigenvalue weighted by atomic mass is 16.3. The molecule has 4 nitrogen and oxygen atoms in total. The monoisotopic (exact) mass is 330 g/mol. The molecule has 0 aromatic heterocycles. The van der Waals surface area contributed by atoms with Gasteiger partial charge in [-0.3, -0.25) is 4.79 Å². The fourth-order valence-corrected chi connectivity index (χ4v) is 4.73. The Morgan fingerprint density at radius 3 is 2.38 bits per heavy atom. The Labute approximate surface area is 142 Å². The minimum absolute atomic E-state index is 0.00932. The van der Waals surface area contributed by atoms with Crippen molar-refractivity contribution in [2.24, 2.45) is 22.7 Å². The summed E-state index contributed by atoms with van der Waals surface area (Å²) in [4.78, 5) is 12.6. The second kappa shape index (κ2) is 5.17. The van der Waals surface area contributed by atoms with Crippen LogP contribution in [-0.2, 0) is 4.79 Å². The summed E-state index contributed by atoms with van der Waals surface area (Å²) >= 11 is 0. The minimum Gasteiger partial charge on any atom is -0.504 e. The van der Waals surface area contributed by atoms with E-state index in [1.54, 1.807) is 18.2 Å². The van der Waals surface area contributed by atoms with Crippen LogP contribution in [0.5, 0.6) is 0 Å². The number of aliphatic hydroxyl groups is 3. The van der Waals surface area contributed by atoms with Crippen molar-refractivity contribution in [3.63, 3.8) is 0 Å². The minimum atomic E-state index is -0.769. The first-order valence-electron chi connectivity index (χ1n) is 8.49. The summed E-state index contributed by atoms with van der Waals surface area (Å²) in [6.07, 6.45) is 5.58. The number of rotatable bonds is 1. The van der Waals surface area contributed by atoms with Crippen molar-refractivity contribution in [3.8, 4) is 0 Å². The van der Waals surface area contributed by atoms with E-state index in [-0.39, 0.29) is 23.4 Å². The zero-order valence-corrected chi connectivity index (χ0v) is 14.9. The fraction of sp³-hybridized carbons (Fsp3) is 0.550. The van der Waals surface area contributed by atoms with Gasteiger partial charge in [0.05, 0.1) is 12.2 Å². The van der Waals surface area contributed by atoms with Crippen molar-refractivity contribution in [2.75, 3.05) is 0 Å². The normalized spacial score (nSPS) is 37.8. The van der Waals surface area contributed by atoms with E-state index in [0.717, 1.165) is 0 Å². The molecular weight excluding hydrogens is 304 g/mol. The maximum Gasteiger partial charge on any atom is 0.223 e. The second-order valence-electron chi connectivity index (χ2n) is 8.31. The number of fused-ring (bicyclic) bond motifs is 3. The Morgan fingerprint density at radius 2 is 1.79 bits per heavy atom. The number of hydrogen-bond donors (Lipinski definition) is 3. The van der Waals surface area contributed by atoms with Gasteiger partial charge < -0.3 is 15.3 Å². The summed E-state index contributed by atoms with van der Waals surface area (Å²) in [6.45, 7) is 9.55. The lowest BCUT2D eigenvalue weighted by Gasteiger charge is -2.55. The zero-order chi connectivity index (χ0) is 18.0. The van der Waals surface area contributed by atoms with Crippen molar-refractivity contribution >= 4 is 5.78 Å². The highest BCUT2D eigenvalue weighted by Gasteiger charge is 2.56. The molecule has 0 radical (unpaired) electrons. The molecule has 0 heterocycles. The van der Waals surface area contributed by atoms with E-state index < -0.39 is 23.0 Å². The third-order valence-corrected chi connectivity index (χ3v) is 6.00. The van der Waals surface area contributed by atoms with E-state index >= 15 is 0 Å². The van der Waals surface area contributed by atoms with Crippen LogP contribution >= 0.6 is 0 Å². The van der Waals surface area contributed by atoms with Gasteiger partial charge in [0.2, 0.25) is 5.78 Å². The Kier molecular flexibility index (Phi) is 3.70. The largest absolute Gasteiger partial charge is 0.504 e. The van der Waals surface area contributed by atoms with E-state index in [4.69, 9.17) is 0 Å². The lowest BCUT2D eigenvalue weighted by molar-refractivity contribution is -0.115. The highest BCUT2D eigenvalue weighted by Crippen LogP contribution is 2.58. The van der Waals surface area contributed by atoms with Gasteiger partial charge >= 0.3 is 0 Å². The molecule has 0 spiro atoms. The Bertz CT molecular complexity index is 720. The maximum atomic E-state index is 12.6. The van der Waals surface area contributed by atoms with Gasteiger partial charge in [-0.2, -0.15) is 0 Å². The average Bonchev–Trinajstić information content (AvgIpc) is 2.46. The zero-order valence-electron chi connectivity index (χ0n) is 14.9. The Morgan fingerprint density at radius 1 is 1.17 bits per heavy atom. The van der Waals surface area contributed by atoms with E-state index in [9.17, 15) is 20.1 Å². The predicted octanol–water partition coefficient (Wildman–Crippen LogP) is 2.84. The molecule has 0 bridgehead atoms. The SMILES string of the molecule is CC(C)C1=CC2=C[C@H](O)[C@H]3C(C)(C)C(O)C=C[C@]3(C)C2=C(O)C1=O. The molecule has 1 unspecified atom stereocenters. The van der Waals surface area contributed by atoms with Crippen LogP contribution in [-0.4, -0.2) is 33.3 Å². The Hall–Kier alpha value is -1.65. The van der Waals surface area contributed by atoms with Crippen molar-refractivity contribution in [3.05, 3.63) is 46.8 Å². The quantitative estimate of drug-likeness (QED) is 0.646. The van der Waals surface area contributed by atoms with Gasteiger partial charge in [-0.1, -0.05) is 46.8 Å². The standard InChI is InChI=1S/C20H26O4/c1-10(2)12-8-11-9-13(21)18-19(3,4)14(22)6-7-20(18,5)15(11)17(24)16(12)23/h6-10,13-14,18,21-22,24H,1-5H3/t13-,14?,18-,20+/m0/s1. The van der Waals surface area contributed by atoms with E-state index in [2.05, 4.69) is 0 Å². The molecular formula is C20H26O4. The van der Waals surface area contributed by atoms with Crippen LogP contribution in [0.25, 0.3) is 0 Å². The van der Waals surface area contributed by atoms with E-state index in [0.29, 0.717) is 16.7 Å². The first-order chi connectivity index (χ1) is 11.0. The van der Waals surface area contributed by atoms with Crippen LogP contribution in [0.15, 0.2) is 46.8 Å². The number of aliphatic hydroxyl groups excluding tert-OH is 3. The van der Waals surface area contributed by atoms with Crippen molar-refractivity contribution in [1.29, 1.82) is 0 Å². The van der Waals surface area contributed by atoms with Crippen LogP contribution in [0.1, 0.15) is 34.6 Å². The third-order valence-electron chi connectivity index (χ3n) is 6.00. The van der Waals surface area contributed by atoms with Gasteiger partial charge in [0, 0.05) is 27.9 Å². The average molecular weight is 330 g/mol. The van der Waals surface area contributed by atoms with Gasteiger partial charge in [-0.05, 0) is 23.6 Å². The van der Waals surface area contributed by atoms with Crippen LogP contribution in [0.2, 0.25) is 0 Å². The number of carbonyl (C=O) groups excluding carboxylic acids is 1. The second-order valence-corrected chi connectivity index (χ2v) is 8.31. The molecule has 3 rings (SSSR count). The molecule has 3 aliphatic carbocycles. The predicted molar refractivity (Wildman–Crippen MR) is 92.2 cm³/mol. The number of hydrogen-bond acceptors (Lipinski definition) is 4. The molecule has 3 N–H and O–H groups in total. The molecule has 4 atom stereocenters. The molecule has 0 aliphatic heterocycles. The number of Topliss-reactive ketones (excluding diaryl/α,β-unsaturated/α-hetero) is 1. The van der Waals surface area contributed by atoms with Crippen LogP contribution in [0, 0.1) is 22.7 Å². The Balaban J connectivity index is 2.26. The summed E-state index contributed by atoms with van der Waals surface area (Å²) in [5, 5.41) is 31.8. The number of allylic oxidation sites excluding steroid dienone is 5. The summed E-state index contributed by atoms with van der Waals surface area (Å²) in [6, 6.07) is 0. The summed E-state index contributed by atoms with van der Waals surface area (Å²) in [7, 11) is 0. The van der Waals surface area contributed by atoms with E-state index in [1.807, 2.05) is 40.7 Å². The summed E-state index contributed by atoms with van der Waals surface area (Å²) in [5.74, 6) is -0.924. The molecule has 24 heavy (non-hydrogen) atoms. The van der Waals surface area contributed by atoms with Crippen molar-refractivity contribution < 1.29 is 20.1 Å². The lowest BCUT2D eigenvalue weighted by atomic mass is 9.50. The van der Waals surface area contributed by atoms with E-state index in [1.165, 1.54) is 0 Å². The van der Waals surface area contributed by atoms with Gasteiger partial charge in [0.25, 0.3) is 0 Å². The smallest absolute Gasteiger partial charge is 0.223 e. The molecule has 4 heteroatoms. The first-order valence-corrected chi connectivity index (χ1v) is 8.49. The third kappa shape index (κ3) is 2.09. The highest BCUT2D eigenvalue weighted by molar-refractivity contribution is 6.10. The lowest BCUT2D eigenvalue weighted by Crippen LogP contribution is -2.55.